The molecule has 0 bridgehead atoms. The van der Waals surface area contributed by atoms with Gasteiger partial charge in [-0.05, 0) is 43.2 Å². The number of carbonyl (C=O) groups is 1. The molecule has 1 aliphatic carbocycles. The van der Waals surface area contributed by atoms with Crippen molar-refractivity contribution in [3.05, 3.63) is 76.2 Å². The summed E-state index contributed by atoms with van der Waals surface area (Å²) in [6, 6.07) is 7.71. The SMILES string of the molecule is CCOC(=O)c1sc(SCC2=CCC=CC=C2)c2c1CN(c1ccc(OC)cc1)C/C2=N\O. The van der Waals surface area contributed by atoms with Crippen LogP contribution in [0.1, 0.15) is 34.1 Å². The van der Waals surface area contributed by atoms with E-state index in [1.807, 2.05) is 36.4 Å². The number of hydrogen-bond donors (Lipinski definition) is 1. The van der Waals surface area contributed by atoms with E-state index in [2.05, 4.69) is 28.3 Å². The van der Waals surface area contributed by atoms with Gasteiger partial charge in [-0.2, -0.15) is 0 Å². The third-order valence-electron chi connectivity index (χ3n) is 5.42. The zero-order valence-electron chi connectivity index (χ0n) is 18.6. The Labute approximate surface area is 201 Å². The summed E-state index contributed by atoms with van der Waals surface area (Å²) >= 11 is 3.09. The van der Waals surface area contributed by atoms with E-state index in [-0.39, 0.29) is 5.97 Å². The molecular formula is C25H26N2O4S2. The number of oxime groups is 1. The van der Waals surface area contributed by atoms with E-state index in [0.29, 0.717) is 30.3 Å². The highest BCUT2D eigenvalue weighted by molar-refractivity contribution is 8.01. The van der Waals surface area contributed by atoms with Gasteiger partial charge in [0.1, 0.15) is 16.3 Å². The van der Waals surface area contributed by atoms with E-state index in [9.17, 15) is 10.0 Å². The molecule has 33 heavy (non-hydrogen) atoms. The van der Waals surface area contributed by atoms with Crippen LogP contribution in [0.15, 0.2) is 69.6 Å². The summed E-state index contributed by atoms with van der Waals surface area (Å²) in [5.41, 5.74) is 4.44. The second-order valence-electron chi connectivity index (χ2n) is 7.48. The second kappa shape index (κ2) is 10.8. The lowest BCUT2D eigenvalue weighted by atomic mass is 10.00. The third kappa shape index (κ3) is 5.17. The number of thioether (sulfide) groups is 1. The van der Waals surface area contributed by atoms with E-state index in [1.54, 1.807) is 25.8 Å². The number of methoxy groups -OCH3 is 1. The molecular weight excluding hydrogens is 456 g/mol. The van der Waals surface area contributed by atoms with Gasteiger partial charge in [0, 0.05) is 29.1 Å². The Morgan fingerprint density at radius 1 is 1.24 bits per heavy atom. The molecule has 1 aromatic carbocycles. The van der Waals surface area contributed by atoms with Crippen molar-refractivity contribution in [1.29, 1.82) is 0 Å². The summed E-state index contributed by atoms with van der Waals surface area (Å²) in [5.74, 6) is 1.21. The summed E-state index contributed by atoms with van der Waals surface area (Å²) in [5, 5.41) is 13.5. The third-order valence-corrected chi connectivity index (χ3v) is 7.97. The fraction of sp³-hybridized carbons (Fsp3) is 0.280. The first-order chi connectivity index (χ1) is 16.1. The molecule has 0 unspecified atom stereocenters. The lowest BCUT2D eigenvalue weighted by molar-refractivity contribution is 0.0531. The van der Waals surface area contributed by atoms with E-state index >= 15 is 0 Å². The van der Waals surface area contributed by atoms with Gasteiger partial charge in [0.05, 0.1) is 24.5 Å². The zero-order valence-corrected chi connectivity index (χ0v) is 20.2. The maximum absolute atomic E-state index is 12.8. The molecule has 1 N–H and O–H groups in total. The Morgan fingerprint density at radius 2 is 2.06 bits per heavy atom. The monoisotopic (exact) mass is 482 g/mol. The molecule has 1 aliphatic heterocycles. The molecule has 0 radical (unpaired) electrons. The minimum Gasteiger partial charge on any atom is -0.497 e. The van der Waals surface area contributed by atoms with Crippen molar-refractivity contribution in [2.75, 3.05) is 30.9 Å². The Hall–Kier alpha value is -2.97. The molecule has 6 nitrogen and oxygen atoms in total. The van der Waals surface area contributed by atoms with E-state index in [1.165, 1.54) is 16.9 Å². The average molecular weight is 483 g/mol. The number of anilines is 1. The van der Waals surface area contributed by atoms with Gasteiger partial charge in [-0.1, -0.05) is 35.5 Å². The van der Waals surface area contributed by atoms with Gasteiger partial charge in [-0.3, -0.25) is 0 Å². The highest BCUT2D eigenvalue weighted by atomic mass is 32.2. The molecule has 8 heteroatoms. The Bertz CT molecular complexity index is 1130. The van der Waals surface area contributed by atoms with Crippen molar-refractivity contribution in [1.82, 2.24) is 0 Å². The molecule has 2 aliphatic rings. The zero-order chi connectivity index (χ0) is 23.2. The average Bonchev–Trinajstić information content (AvgIpc) is 3.02. The molecule has 172 valence electrons. The number of carbonyl (C=O) groups excluding carboxylic acids is 1. The van der Waals surface area contributed by atoms with Crippen LogP contribution in [0, 0.1) is 0 Å². The van der Waals surface area contributed by atoms with Crippen LogP contribution in [-0.4, -0.2) is 42.9 Å². The predicted molar refractivity (Wildman–Crippen MR) is 134 cm³/mol. The Morgan fingerprint density at radius 3 is 2.79 bits per heavy atom. The predicted octanol–water partition coefficient (Wildman–Crippen LogP) is 5.67. The molecule has 0 saturated carbocycles. The summed E-state index contributed by atoms with van der Waals surface area (Å²) in [4.78, 5) is 15.5. The summed E-state index contributed by atoms with van der Waals surface area (Å²) < 4.78 is 11.6. The molecule has 4 rings (SSSR count). The van der Waals surface area contributed by atoms with Crippen LogP contribution in [0.3, 0.4) is 0 Å². The molecule has 0 amide bonds. The molecule has 1 aromatic heterocycles. The minimum absolute atomic E-state index is 0.307. The summed E-state index contributed by atoms with van der Waals surface area (Å²) in [6.45, 7) is 3.08. The normalized spacial score (nSPS) is 16.4. The lowest BCUT2D eigenvalue weighted by Gasteiger charge is -2.30. The quantitative estimate of drug-likeness (QED) is 0.237. The molecule has 2 heterocycles. The topological polar surface area (TPSA) is 71.4 Å². The highest BCUT2D eigenvalue weighted by Crippen LogP contribution is 2.41. The number of esters is 1. The molecule has 0 spiro atoms. The number of nitrogens with zero attached hydrogens (tertiary/aromatic N) is 2. The maximum atomic E-state index is 12.8. The first kappa shape index (κ1) is 23.2. The number of benzene rings is 1. The van der Waals surface area contributed by atoms with Crippen LogP contribution in [-0.2, 0) is 11.3 Å². The van der Waals surface area contributed by atoms with Crippen molar-refractivity contribution in [2.45, 2.75) is 24.1 Å². The van der Waals surface area contributed by atoms with Crippen LogP contribution in [0.5, 0.6) is 5.75 Å². The number of thiophene rings is 1. The minimum atomic E-state index is -0.336. The van der Waals surface area contributed by atoms with Crippen LogP contribution in [0.4, 0.5) is 5.69 Å². The first-order valence-corrected chi connectivity index (χ1v) is 12.5. The molecule has 0 atom stereocenters. The van der Waals surface area contributed by atoms with Crippen molar-refractivity contribution in [3.63, 3.8) is 0 Å². The number of allylic oxidation sites excluding steroid dienone is 5. The fourth-order valence-corrected chi connectivity index (χ4v) is 6.31. The van der Waals surface area contributed by atoms with Gasteiger partial charge in [-0.25, -0.2) is 4.79 Å². The summed E-state index contributed by atoms with van der Waals surface area (Å²) in [6.07, 6.45) is 11.4. The smallest absolute Gasteiger partial charge is 0.348 e. The Balaban J connectivity index is 1.68. The van der Waals surface area contributed by atoms with Gasteiger partial charge in [0.15, 0.2) is 0 Å². The van der Waals surface area contributed by atoms with Gasteiger partial charge in [0.2, 0.25) is 0 Å². The van der Waals surface area contributed by atoms with E-state index in [0.717, 1.165) is 38.9 Å². The van der Waals surface area contributed by atoms with Gasteiger partial charge in [0.25, 0.3) is 0 Å². The molecule has 0 saturated heterocycles. The Kier molecular flexibility index (Phi) is 7.57. The second-order valence-corrected chi connectivity index (χ2v) is 9.75. The molecule has 2 aromatic rings. The van der Waals surface area contributed by atoms with Gasteiger partial charge in [-0.15, -0.1) is 23.1 Å². The van der Waals surface area contributed by atoms with Crippen LogP contribution >= 0.6 is 23.1 Å². The van der Waals surface area contributed by atoms with Gasteiger partial charge >= 0.3 is 5.97 Å². The van der Waals surface area contributed by atoms with E-state index < -0.39 is 0 Å². The number of fused-ring (bicyclic) bond motifs is 1. The number of hydrogen-bond acceptors (Lipinski definition) is 8. The van der Waals surface area contributed by atoms with Gasteiger partial charge < -0.3 is 19.6 Å². The van der Waals surface area contributed by atoms with Crippen LogP contribution < -0.4 is 9.64 Å². The number of ether oxygens (including phenoxy) is 2. The van der Waals surface area contributed by atoms with Crippen molar-refractivity contribution in [2.24, 2.45) is 5.16 Å². The fourth-order valence-electron chi connectivity index (χ4n) is 3.79. The van der Waals surface area contributed by atoms with E-state index in [4.69, 9.17) is 9.47 Å². The highest BCUT2D eigenvalue weighted by Gasteiger charge is 2.33. The van der Waals surface area contributed by atoms with Crippen molar-refractivity contribution >= 4 is 40.5 Å². The van der Waals surface area contributed by atoms with Crippen molar-refractivity contribution < 1.29 is 19.5 Å². The van der Waals surface area contributed by atoms with Crippen molar-refractivity contribution in [3.8, 4) is 5.75 Å². The van der Waals surface area contributed by atoms with Crippen LogP contribution in [0.2, 0.25) is 0 Å². The van der Waals surface area contributed by atoms with Crippen LogP contribution in [0.25, 0.3) is 0 Å². The summed E-state index contributed by atoms with van der Waals surface area (Å²) in [7, 11) is 1.63. The number of rotatable bonds is 7. The standard InChI is InChI=1S/C25H26N2O4S2/c1-3-31-24(28)23-20-14-27(18-10-12-19(30-2)13-11-18)15-21(26-29)22(20)25(33-23)32-16-17-8-6-4-5-7-9-17/h4-6,8-13,29H,3,7,14-16H2,1-2H3/b26-21+. The maximum Gasteiger partial charge on any atom is 0.348 e. The largest absolute Gasteiger partial charge is 0.497 e. The lowest BCUT2D eigenvalue weighted by Crippen LogP contribution is -2.36. The molecule has 0 fully saturated rings. The first-order valence-electron chi connectivity index (χ1n) is 10.7.